The molecule has 0 heterocycles. The van der Waals surface area contributed by atoms with Crippen molar-refractivity contribution in [3.8, 4) is 0 Å². The second kappa shape index (κ2) is 8.91. The van der Waals surface area contributed by atoms with Gasteiger partial charge in [-0.25, -0.2) is 0 Å². The second-order valence-electron chi connectivity index (χ2n) is 2.51. The summed E-state index contributed by atoms with van der Waals surface area (Å²) in [4.78, 5) is 0. The van der Waals surface area contributed by atoms with E-state index in [0.29, 0.717) is 0 Å². The van der Waals surface area contributed by atoms with Crippen molar-refractivity contribution in [2.24, 2.45) is 0 Å². The third-order valence-electron chi connectivity index (χ3n) is 1.61. The molecule has 0 fully saturated rings. The maximum absolute atomic E-state index is 3.01. The van der Waals surface area contributed by atoms with Crippen LogP contribution in [0.3, 0.4) is 0 Å². The Labute approximate surface area is 85.6 Å². The molecule has 61 valence electrons. The first-order chi connectivity index (χ1) is 5.93. The Bertz CT molecular complexity index is 170. The Morgan fingerprint density at radius 3 is 2.33 bits per heavy atom. The van der Waals surface area contributed by atoms with Gasteiger partial charge in [0.1, 0.15) is 0 Å². The van der Waals surface area contributed by atoms with E-state index in [1.54, 1.807) is 0 Å². The molecule has 12 heavy (non-hydrogen) atoms. The van der Waals surface area contributed by atoms with E-state index >= 15 is 0 Å². The molecule has 0 atom stereocenters. The Kier molecular flexibility index (Phi) is 8.77. The summed E-state index contributed by atoms with van der Waals surface area (Å²) >= 11 is 2.00. The summed E-state index contributed by atoms with van der Waals surface area (Å²) in [7, 11) is 0. The Hall–Kier alpha value is -0.183. The molecule has 0 saturated heterocycles. The normalized spacial score (nSPS) is 8.67. The van der Waals surface area contributed by atoms with Gasteiger partial charge in [0.2, 0.25) is 0 Å². The van der Waals surface area contributed by atoms with Crippen molar-refractivity contribution in [1.29, 1.82) is 0 Å². The Morgan fingerprint density at radius 1 is 1.25 bits per heavy atom. The van der Waals surface area contributed by atoms with E-state index < -0.39 is 0 Å². The van der Waals surface area contributed by atoms with Crippen molar-refractivity contribution < 1.29 is 0 Å². The number of unbranched alkanes of at least 4 members (excludes halogenated alkanes) is 1. The molecular formula is C11H16Li. The average molecular weight is 155 g/mol. The molecule has 1 radical (unpaired) electrons. The van der Waals surface area contributed by atoms with Crippen LogP contribution in [-0.2, 0) is 6.42 Å². The summed E-state index contributed by atoms with van der Waals surface area (Å²) in [6.45, 7) is 2.22. The molecule has 0 aliphatic rings. The van der Waals surface area contributed by atoms with Gasteiger partial charge < -0.3 is 0 Å². The van der Waals surface area contributed by atoms with Gasteiger partial charge in [0.05, 0.1) is 0 Å². The minimum absolute atomic E-state index is 1.21. The molecular weight excluding hydrogens is 139 g/mol. The fraction of sp³-hybridized carbons (Fsp3) is 0.455. The van der Waals surface area contributed by atoms with Crippen LogP contribution in [0.25, 0.3) is 0 Å². The van der Waals surface area contributed by atoms with Crippen molar-refractivity contribution >= 4 is 17.7 Å². The van der Waals surface area contributed by atoms with Gasteiger partial charge in [0.15, 0.2) is 0 Å². The second-order valence-corrected chi connectivity index (χ2v) is 2.51. The van der Waals surface area contributed by atoms with Gasteiger partial charge in [0.25, 0.3) is 0 Å². The molecule has 0 saturated carbocycles. The first-order valence-corrected chi connectivity index (χ1v) is 4.88. The zero-order chi connectivity index (χ0) is 9.23. The molecule has 0 amide bonds. The number of rotatable bonds is 3. The van der Waals surface area contributed by atoms with E-state index in [9.17, 15) is 0 Å². The van der Waals surface area contributed by atoms with E-state index in [2.05, 4.69) is 25.1 Å². The van der Waals surface area contributed by atoms with Gasteiger partial charge in [-0.15, -0.1) is 0 Å². The molecule has 0 aromatic heterocycles. The predicted octanol–water partition coefficient (Wildman–Crippen LogP) is 3.03. The van der Waals surface area contributed by atoms with Crippen LogP contribution < -0.4 is 0 Å². The average Bonchev–Trinajstić information content (AvgIpc) is 2.19. The van der Waals surface area contributed by atoms with Crippen molar-refractivity contribution in [3.05, 3.63) is 35.9 Å². The van der Waals surface area contributed by atoms with Gasteiger partial charge in [-0.05, 0) is 24.5 Å². The molecule has 0 bridgehead atoms. The molecule has 1 aromatic rings. The zero-order valence-electron chi connectivity index (χ0n) is 8.43. The van der Waals surface area contributed by atoms with Crippen LogP contribution in [0.4, 0.5) is 0 Å². The van der Waals surface area contributed by atoms with Crippen LogP contribution in [0.2, 0.25) is 5.60 Å². The standard InChI is InChI=1S/C10H13.CH3.Li/c1-2-3-7-10-8-5-4-6-9-10;;/h5-6,8-9H,2-3,7H2,1H3;1H3;. The monoisotopic (exact) mass is 155 g/mol. The topological polar surface area (TPSA) is 0 Å². The minimum atomic E-state index is 1.21. The van der Waals surface area contributed by atoms with E-state index in [4.69, 9.17) is 0 Å². The van der Waals surface area contributed by atoms with E-state index in [1.165, 1.54) is 24.8 Å². The summed E-state index contributed by atoms with van der Waals surface area (Å²) in [5.74, 6) is 0. The quantitative estimate of drug-likeness (QED) is 0.588. The van der Waals surface area contributed by atoms with Gasteiger partial charge >= 0.3 is 23.3 Å². The number of hydrogen-bond donors (Lipinski definition) is 0. The molecule has 1 aromatic carbocycles. The SMILES string of the molecule is CCCCc1cc[c]cc1.[Li][CH3]. The third-order valence-corrected chi connectivity index (χ3v) is 1.61. The van der Waals surface area contributed by atoms with Crippen LogP contribution in [-0.4, -0.2) is 17.7 Å². The number of aryl methyl sites for hydroxylation is 1. The van der Waals surface area contributed by atoms with Crippen LogP contribution in [0.1, 0.15) is 25.3 Å². The van der Waals surface area contributed by atoms with Gasteiger partial charge in [0, 0.05) is 0 Å². The van der Waals surface area contributed by atoms with E-state index in [-0.39, 0.29) is 0 Å². The van der Waals surface area contributed by atoms with Crippen molar-refractivity contribution in [3.63, 3.8) is 0 Å². The van der Waals surface area contributed by atoms with Crippen LogP contribution in [0, 0.1) is 6.07 Å². The summed E-state index contributed by atoms with van der Waals surface area (Å²) in [5, 5.41) is 0. The molecule has 0 aliphatic carbocycles. The summed E-state index contributed by atoms with van der Waals surface area (Å²) in [5.41, 5.74) is 3.43. The molecule has 0 nitrogen and oxygen atoms in total. The van der Waals surface area contributed by atoms with E-state index in [0.717, 1.165) is 0 Å². The summed E-state index contributed by atoms with van der Waals surface area (Å²) < 4.78 is 0. The number of hydrogen-bond acceptors (Lipinski definition) is 0. The molecule has 0 N–H and O–H groups in total. The van der Waals surface area contributed by atoms with E-state index in [1.807, 2.05) is 35.4 Å². The molecule has 1 heteroatoms. The molecule has 0 aliphatic heterocycles. The number of benzene rings is 1. The third kappa shape index (κ3) is 5.47. The molecule has 0 unspecified atom stereocenters. The Morgan fingerprint density at radius 2 is 1.83 bits per heavy atom. The van der Waals surface area contributed by atoms with Crippen molar-refractivity contribution in [1.82, 2.24) is 0 Å². The fourth-order valence-corrected chi connectivity index (χ4v) is 0.969. The van der Waals surface area contributed by atoms with Crippen molar-refractivity contribution in [2.75, 3.05) is 0 Å². The summed E-state index contributed by atoms with van der Waals surface area (Å²) in [6, 6.07) is 11.2. The molecule has 1 rings (SSSR count). The zero-order valence-corrected chi connectivity index (χ0v) is 8.43. The molecule has 0 spiro atoms. The first-order valence-electron chi connectivity index (χ1n) is 4.88. The van der Waals surface area contributed by atoms with Gasteiger partial charge in [-0.2, -0.15) is 0 Å². The fourth-order valence-electron chi connectivity index (χ4n) is 0.969. The maximum atomic E-state index is 3.01. The first kappa shape index (κ1) is 11.8. The van der Waals surface area contributed by atoms with Crippen LogP contribution in [0.15, 0.2) is 24.3 Å². The Balaban J connectivity index is 0.000000561. The summed E-state index contributed by atoms with van der Waals surface area (Å²) in [6.07, 6.45) is 3.79. The predicted molar refractivity (Wildman–Crippen MR) is 55.5 cm³/mol. The van der Waals surface area contributed by atoms with Crippen molar-refractivity contribution in [2.45, 2.75) is 31.8 Å². The van der Waals surface area contributed by atoms with Gasteiger partial charge in [-0.1, -0.05) is 37.6 Å². The van der Waals surface area contributed by atoms with Crippen LogP contribution in [0.5, 0.6) is 0 Å². The van der Waals surface area contributed by atoms with Crippen LogP contribution >= 0.6 is 0 Å². The van der Waals surface area contributed by atoms with Gasteiger partial charge in [-0.3, -0.25) is 0 Å².